The van der Waals surface area contributed by atoms with Gasteiger partial charge in [0.15, 0.2) is 23.0 Å². The largest absolute Gasteiger partial charge is 0.493 e. The van der Waals surface area contributed by atoms with Gasteiger partial charge in [-0.05, 0) is 35.4 Å². The van der Waals surface area contributed by atoms with E-state index in [0.717, 1.165) is 22.6 Å². The van der Waals surface area contributed by atoms with Crippen LogP contribution < -0.4 is 23.7 Å². The fraction of sp³-hybridized carbons (Fsp3) is 0.455. The number of hydrogen-bond donors (Lipinski definition) is 0. The van der Waals surface area contributed by atoms with Gasteiger partial charge in [-0.3, -0.25) is 0 Å². The van der Waals surface area contributed by atoms with Crippen LogP contribution in [-0.4, -0.2) is 41.3 Å². The van der Waals surface area contributed by atoms with Crippen LogP contribution in [0.1, 0.15) is 23.3 Å². The van der Waals surface area contributed by atoms with Crippen LogP contribution in [0.15, 0.2) is 30.3 Å². The van der Waals surface area contributed by atoms with Crippen molar-refractivity contribution in [3.63, 3.8) is 0 Å². The van der Waals surface area contributed by atoms with E-state index in [4.69, 9.17) is 33.2 Å². The number of fused-ring (bicyclic) bond motifs is 2. The second-order valence-electron chi connectivity index (χ2n) is 7.41. The van der Waals surface area contributed by atoms with Crippen LogP contribution >= 0.6 is 0 Å². The highest BCUT2D eigenvalue weighted by atomic mass is 16.7. The lowest BCUT2D eigenvalue weighted by atomic mass is 9.85. The molecule has 4 atom stereocenters. The normalized spacial score (nSPS) is 27.0. The van der Waals surface area contributed by atoms with Crippen molar-refractivity contribution in [1.82, 2.24) is 0 Å². The predicted molar refractivity (Wildman–Crippen MR) is 103 cm³/mol. The second-order valence-corrected chi connectivity index (χ2v) is 7.41. The van der Waals surface area contributed by atoms with Crippen LogP contribution in [0.3, 0.4) is 0 Å². The van der Waals surface area contributed by atoms with Crippen molar-refractivity contribution in [2.24, 2.45) is 11.8 Å². The van der Waals surface area contributed by atoms with E-state index in [1.807, 2.05) is 30.3 Å². The molecule has 2 aromatic rings. The van der Waals surface area contributed by atoms with Crippen molar-refractivity contribution in [2.75, 3.05) is 41.3 Å². The average molecular weight is 400 g/mol. The van der Waals surface area contributed by atoms with Crippen LogP contribution in [0.2, 0.25) is 0 Å². The zero-order valence-corrected chi connectivity index (χ0v) is 16.7. The second kappa shape index (κ2) is 7.31. The molecule has 154 valence electrons. The van der Waals surface area contributed by atoms with E-state index in [9.17, 15) is 0 Å². The summed E-state index contributed by atoms with van der Waals surface area (Å²) in [6.45, 7) is 1.53. The van der Waals surface area contributed by atoms with E-state index in [0.29, 0.717) is 30.5 Å². The molecule has 0 radical (unpaired) electrons. The topological polar surface area (TPSA) is 64.6 Å². The quantitative estimate of drug-likeness (QED) is 0.761. The molecule has 0 bridgehead atoms. The summed E-state index contributed by atoms with van der Waals surface area (Å²) in [6, 6.07) is 9.93. The molecule has 7 nitrogen and oxygen atoms in total. The maximum atomic E-state index is 6.24. The van der Waals surface area contributed by atoms with Gasteiger partial charge in [-0.2, -0.15) is 0 Å². The summed E-state index contributed by atoms with van der Waals surface area (Å²) in [6.07, 6.45) is -0.116. The molecule has 0 aromatic heterocycles. The molecule has 3 heterocycles. The van der Waals surface area contributed by atoms with Crippen LogP contribution in [0.25, 0.3) is 0 Å². The Balaban J connectivity index is 1.42. The summed E-state index contributed by atoms with van der Waals surface area (Å²) >= 11 is 0. The van der Waals surface area contributed by atoms with Crippen LogP contribution in [0, 0.1) is 11.8 Å². The molecule has 2 fully saturated rings. The summed E-state index contributed by atoms with van der Waals surface area (Å²) in [7, 11) is 4.84. The fourth-order valence-electron chi connectivity index (χ4n) is 4.59. The van der Waals surface area contributed by atoms with Crippen LogP contribution in [-0.2, 0) is 9.47 Å². The minimum absolute atomic E-state index is 0.0264. The van der Waals surface area contributed by atoms with Gasteiger partial charge in [0, 0.05) is 11.8 Å². The third-order valence-corrected chi connectivity index (χ3v) is 6.00. The van der Waals surface area contributed by atoms with Crippen molar-refractivity contribution in [2.45, 2.75) is 12.2 Å². The lowest BCUT2D eigenvalue weighted by Gasteiger charge is -2.20. The van der Waals surface area contributed by atoms with Crippen molar-refractivity contribution >= 4 is 0 Å². The lowest BCUT2D eigenvalue weighted by Crippen LogP contribution is -2.14. The van der Waals surface area contributed by atoms with Gasteiger partial charge in [0.1, 0.15) is 0 Å². The molecule has 2 aromatic carbocycles. The van der Waals surface area contributed by atoms with Gasteiger partial charge in [-0.1, -0.05) is 6.07 Å². The molecule has 0 saturated carbocycles. The molecule has 0 spiro atoms. The number of rotatable bonds is 5. The Hall–Kier alpha value is -2.64. The molecule has 0 amide bonds. The first-order chi connectivity index (χ1) is 14.2. The monoisotopic (exact) mass is 400 g/mol. The Labute approximate surface area is 169 Å². The molecule has 29 heavy (non-hydrogen) atoms. The maximum Gasteiger partial charge on any atom is 0.231 e. The van der Waals surface area contributed by atoms with E-state index in [1.165, 1.54) is 0 Å². The number of benzene rings is 2. The first kappa shape index (κ1) is 18.4. The fourth-order valence-corrected chi connectivity index (χ4v) is 4.59. The summed E-state index contributed by atoms with van der Waals surface area (Å²) in [5, 5.41) is 0. The highest BCUT2D eigenvalue weighted by molar-refractivity contribution is 5.54. The molecule has 2 saturated heterocycles. The van der Waals surface area contributed by atoms with Gasteiger partial charge < -0.3 is 33.2 Å². The van der Waals surface area contributed by atoms with Crippen molar-refractivity contribution in [1.29, 1.82) is 0 Å². The Morgan fingerprint density at radius 3 is 1.97 bits per heavy atom. The Kier molecular flexibility index (Phi) is 4.64. The molecule has 0 N–H and O–H groups in total. The molecule has 3 aliphatic rings. The first-order valence-electron chi connectivity index (χ1n) is 9.66. The highest BCUT2D eigenvalue weighted by Gasteiger charge is 2.48. The molecule has 3 aliphatic heterocycles. The van der Waals surface area contributed by atoms with E-state index < -0.39 is 0 Å². The SMILES string of the molecule is COc1cc([C@H]2OC[C@@H]3[C@H]2CO[C@H]3c2ccc3c(c2)OCO3)cc(OC)c1OC. The minimum Gasteiger partial charge on any atom is -0.493 e. The third kappa shape index (κ3) is 2.96. The third-order valence-electron chi connectivity index (χ3n) is 6.00. The van der Waals surface area contributed by atoms with Crippen LogP contribution in [0.4, 0.5) is 0 Å². The van der Waals surface area contributed by atoms with Gasteiger partial charge in [0.2, 0.25) is 12.5 Å². The standard InChI is InChI=1S/C22H24O7/c1-23-18-7-13(8-19(24-2)22(18)25-3)21-15-10-26-20(14(15)9-27-21)12-4-5-16-17(6-12)29-11-28-16/h4-8,14-15,20-21H,9-11H2,1-3H3/t14-,15-,20+,21-/m1/s1. The Morgan fingerprint density at radius 1 is 0.724 bits per heavy atom. The molecular formula is C22H24O7. The van der Waals surface area contributed by atoms with Gasteiger partial charge >= 0.3 is 0 Å². The van der Waals surface area contributed by atoms with Gasteiger partial charge in [-0.15, -0.1) is 0 Å². The van der Waals surface area contributed by atoms with E-state index >= 15 is 0 Å². The number of methoxy groups -OCH3 is 3. The van der Waals surface area contributed by atoms with Gasteiger partial charge in [0.05, 0.1) is 46.8 Å². The summed E-state index contributed by atoms with van der Waals surface area (Å²) < 4.78 is 39.8. The molecular weight excluding hydrogens is 376 g/mol. The van der Waals surface area contributed by atoms with Crippen molar-refractivity contribution in [3.8, 4) is 28.7 Å². The average Bonchev–Trinajstić information content (AvgIpc) is 3.47. The Bertz CT molecular complexity index is 887. The summed E-state index contributed by atoms with van der Waals surface area (Å²) in [4.78, 5) is 0. The van der Waals surface area contributed by atoms with E-state index in [1.54, 1.807) is 21.3 Å². The van der Waals surface area contributed by atoms with Crippen LogP contribution in [0.5, 0.6) is 28.7 Å². The molecule has 5 rings (SSSR count). The van der Waals surface area contributed by atoms with Gasteiger partial charge in [0.25, 0.3) is 0 Å². The molecule has 7 heteroatoms. The molecule has 0 aliphatic carbocycles. The predicted octanol–water partition coefficient (Wildman–Crippen LogP) is 3.52. The Morgan fingerprint density at radius 2 is 1.34 bits per heavy atom. The van der Waals surface area contributed by atoms with E-state index in [-0.39, 0.29) is 30.8 Å². The first-order valence-corrected chi connectivity index (χ1v) is 9.66. The zero-order valence-electron chi connectivity index (χ0n) is 16.7. The van der Waals surface area contributed by atoms with E-state index in [2.05, 4.69) is 0 Å². The lowest BCUT2D eigenvalue weighted by molar-refractivity contribution is 0.0191. The summed E-state index contributed by atoms with van der Waals surface area (Å²) in [5.41, 5.74) is 2.10. The van der Waals surface area contributed by atoms with Crippen molar-refractivity contribution < 1.29 is 33.2 Å². The minimum atomic E-state index is -0.0901. The summed E-state index contributed by atoms with van der Waals surface area (Å²) in [5.74, 6) is 3.89. The zero-order chi connectivity index (χ0) is 20.0. The number of hydrogen-bond acceptors (Lipinski definition) is 7. The highest BCUT2D eigenvalue weighted by Crippen LogP contribution is 2.52. The number of ether oxygens (including phenoxy) is 7. The van der Waals surface area contributed by atoms with Crippen molar-refractivity contribution in [3.05, 3.63) is 41.5 Å². The molecule has 0 unspecified atom stereocenters. The smallest absolute Gasteiger partial charge is 0.231 e. The maximum absolute atomic E-state index is 6.24. The van der Waals surface area contributed by atoms with Gasteiger partial charge in [-0.25, -0.2) is 0 Å².